The highest BCUT2D eigenvalue weighted by atomic mass is 32.1. The van der Waals surface area contributed by atoms with Crippen LogP contribution in [0.15, 0.2) is 11.6 Å². The maximum absolute atomic E-state index is 11.5. The Morgan fingerprint density at radius 1 is 1.52 bits per heavy atom. The van der Waals surface area contributed by atoms with E-state index in [-0.39, 0.29) is 11.7 Å². The molecule has 1 fully saturated rings. The van der Waals surface area contributed by atoms with E-state index >= 15 is 0 Å². The highest BCUT2D eigenvalue weighted by Gasteiger charge is 2.23. The van der Waals surface area contributed by atoms with E-state index in [0.717, 1.165) is 19.4 Å². The minimum absolute atomic E-state index is 0.0384. The standard InChI is InChI=1S/C12H15N5O3S/c18-9-3-1-5-15(9)6-2-4-13-10-11(17(19)20)16-7-8-21-12(16)14-10/h7-8,13H,1-6H2. The second-order valence-corrected chi connectivity index (χ2v) is 5.73. The average Bonchev–Trinajstić information content (AvgIpc) is 3.10. The maximum atomic E-state index is 11.5. The molecule has 112 valence electrons. The number of carbonyl (C=O) groups is 1. The molecule has 1 saturated heterocycles. The molecule has 0 radical (unpaired) electrons. The van der Waals surface area contributed by atoms with E-state index in [9.17, 15) is 14.9 Å². The Morgan fingerprint density at radius 3 is 3.10 bits per heavy atom. The quantitative estimate of drug-likeness (QED) is 0.498. The molecule has 0 saturated carbocycles. The fourth-order valence-corrected chi connectivity index (χ4v) is 3.19. The van der Waals surface area contributed by atoms with Gasteiger partial charge >= 0.3 is 5.82 Å². The van der Waals surface area contributed by atoms with Crippen LogP contribution in [0.4, 0.5) is 11.6 Å². The lowest BCUT2D eigenvalue weighted by molar-refractivity contribution is -0.389. The third-order valence-electron chi connectivity index (χ3n) is 3.48. The molecule has 21 heavy (non-hydrogen) atoms. The number of aromatic nitrogens is 2. The number of nitrogens with one attached hydrogen (secondary N) is 1. The molecule has 3 rings (SSSR count). The Kier molecular flexibility index (Phi) is 3.74. The van der Waals surface area contributed by atoms with Crippen molar-refractivity contribution >= 4 is 33.8 Å². The lowest BCUT2D eigenvalue weighted by Gasteiger charge is -2.14. The Balaban J connectivity index is 1.60. The summed E-state index contributed by atoms with van der Waals surface area (Å²) in [4.78, 5) is 28.8. The summed E-state index contributed by atoms with van der Waals surface area (Å²) < 4.78 is 1.47. The predicted molar refractivity (Wildman–Crippen MR) is 78.6 cm³/mol. The molecule has 1 amide bonds. The summed E-state index contributed by atoms with van der Waals surface area (Å²) >= 11 is 1.35. The molecule has 3 heterocycles. The van der Waals surface area contributed by atoms with Crippen LogP contribution in [0.1, 0.15) is 19.3 Å². The maximum Gasteiger partial charge on any atom is 0.372 e. The number of rotatable bonds is 6. The Labute approximate surface area is 124 Å². The zero-order valence-corrected chi connectivity index (χ0v) is 12.1. The van der Waals surface area contributed by atoms with E-state index in [1.54, 1.807) is 11.6 Å². The molecule has 9 heteroatoms. The van der Waals surface area contributed by atoms with Crippen LogP contribution in [0.2, 0.25) is 0 Å². The smallest absolute Gasteiger partial charge is 0.363 e. The molecule has 1 aliphatic heterocycles. The van der Waals surface area contributed by atoms with Gasteiger partial charge in [-0.15, -0.1) is 0 Å². The summed E-state index contributed by atoms with van der Waals surface area (Å²) in [7, 11) is 0. The number of thiazole rings is 1. The summed E-state index contributed by atoms with van der Waals surface area (Å²) in [5, 5.41) is 15.9. The van der Waals surface area contributed by atoms with E-state index in [0.29, 0.717) is 30.3 Å². The predicted octanol–water partition coefficient (Wildman–Crippen LogP) is 1.73. The first-order chi connectivity index (χ1) is 10.2. The number of imidazole rings is 1. The van der Waals surface area contributed by atoms with Crippen molar-refractivity contribution in [2.24, 2.45) is 0 Å². The molecule has 8 nitrogen and oxygen atoms in total. The van der Waals surface area contributed by atoms with Crippen molar-refractivity contribution in [2.75, 3.05) is 25.0 Å². The van der Waals surface area contributed by atoms with Gasteiger partial charge in [0.15, 0.2) is 0 Å². The molecule has 0 unspecified atom stereocenters. The molecule has 0 spiro atoms. The third kappa shape index (κ3) is 2.68. The van der Waals surface area contributed by atoms with E-state index in [4.69, 9.17) is 0 Å². The van der Waals surface area contributed by atoms with Crippen LogP contribution in [0.25, 0.3) is 4.96 Å². The first-order valence-electron chi connectivity index (χ1n) is 6.78. The van der Waals surface area contributed by atoms with Crippen molar-refractivity contribution in [1.29, 1.82) is 0 Å². The Bertz CT molecular complexity index is 680. The summed E-state index contributed by atoms with van der Waals surface area (Å²) in [6.45, 7) is 2.05. The number of hydrogen-bond donors (Lipinski definition) is 1. The monoisotopic (exact) mass is 309 g/mol. The number of carbonyl (C=O) groups excluding carboxylic acids is 1. The van der Waals surface area contributed by atoms with Crippen molar-refractivity contribution in [3.63, 3.8) is 0 Å². The van der Waals surface area contributed by atoms with Gasteiger partial charge in [0.2, 0.25) is 11.7 Å². The van der Waals surface area contributed by atoms with Gasteiger partial charge in [-0.25, -0.2) is 0 Å². The molecule has 1 aliphatic rings. The van der Waals surface area contributed by atoms with Crippen molar-refractivity contribution < 1.29 is 9.72 Å². The van der Waals surface area contributed by atoms with Crippen molar-refractivity contribution in [2.45, 2.75) is 19.3 Å². The second-order valence-electron chi connectivity index (χ2n) is 4.86. The zero-order valence-electron chi connectivity index (χ0n) is 11.3. The second kappa shape index (κ2) is 5.68. The van der Waals surface area contributed by atoms with Crippen LogP contribution in [-0.4, -0.2) is 44.7 Å². The van der Waals surface area contributed by atoms with E-state index in [2.05, 4.69) is 10.3 Å². The van der Waals surface area contributed by atoms with Gasteiger partial charge in [-0.05, 0) is 17.8 Å². The fourth-order valence-electron chi connectivity index (χ4n) is 2.48. The summed E-state index contributed by atoms with van der Waals surface area (Å²) in [6.07, 6.45) is 3.94. The Morgan fingerprint density at radius 2 is 2.38 bits per heavy atom. The topological polar surface area (TPSA) is 92.8 Å². The van der Waals surface area contributed by atoms with Crippen LogP contribution in [-0.2, 0) is 4.79 Å². The SMILES string of the molecule is O=C1CCCN1CCCNc1nc2sccn2c1[N+](=O)[O-]. The molecule has 0 aromatic carbocycles. The van der Waals surface area contributed by atoms with E-state index in [1.807, 2.05) is 4.90 Å². The molecular formula is C12H15N5O3S. The van der Waals surface area contributed by atoms with Crippen molar-refractivity contribution in [3.05, 3.63) is 21.7 Å². The minimum Gasteiger partial charge on any atom is -0.363 e. The average molecular weight is 309 g/mol. The van der Waals surface area contributed by atoms with Crippen LogP contribution < -0.4 is 5.32 Å². The van der Waals surface area contributed by atoms with Crippen molar-refractivity contribution in [1.82, 2.24) is 14.3 Å². The summed E-state index contributed by atoms with van der Waals surface area (Å²) in [5.74, 6) is 0.451. The van der Waals surface area contributed by atoms with E-state index in [1.165, 1.54) is 15.7 Å². The first kappa shape index (κ1) is 13.8. The zero-order chi connectivity index (χ0) is 14.8. The molecule has 1 N–H and O–H groups in total. The minimum atomic E-state index is -0.431. The number of amides is 1. The lowest BCUT2D eigenvalue weighted by atomic mass is 10.4. The number of likely N-dealkylation sites (tertiary alicyclic amines) is 1. The van der Waals surface area contributed by atoms with Crippen LogP contribution in [0.5, 0.6) is 0 Å². The van der Waals surface area contributed by atoms with Crippen molar-refractivity contribution in [3.8, 4) is 0 Å². The Hall–Kier alpha value is -2.16. The number of hydrogen-bond acceptors (Lipinski definition) is 6. The van der Waals surface area contributed by atoms with Gasteiger partial charge in [-0.2, -0.15) is 9.38 Å². The fraction of sp³-hybridized carbons (Fsp3) is 0.500. The highest BCUT2D eigenvalue weighted by molar-refractivity contribution is 7.15. The van der Waals surface area contributed by atoms with E-state index < -0.39 is 4.92 Å². The molecule has 0 atom stereocenters. The highest BCUT2D eigenvalue weighted by Crippen LogP contribution is 2.27. The normalized spacial score (nSPS) is 15.0. The largest absolute Gasteiger partial charge is 0.372 e. The van der Waals surface area contributed by atoms with Gasteiger partial charge in [-0.3, -0.25) is 4.79 Å². The third-order valence-corrected chi connectivity index (χ3v) is 4.24. The molecule has 0 aliphatic carbocycles. The molecule has 2 aromatic heterocycles. The number of anilines is 1. The van der Waals surface area contributed by atoms with Gasteiger partial charge in [0.1, 0.15) is 6.20 Å². The van der Waals surface area contributed by atoms with Gasteiger partial charge in [0, 0.05) is 31.4 Å². The first-order valence-corrected chi connectivity index (χ1v) is 7.66. The van der Waals surface area contributed by atoms with Crippen LogP contribution in [0.3, 0.4) is 0 Å². The molecular weight excluding hydrogens is 294 g/mol. The summed E-state index contributed by atoms with van der Waals surface area (Å²) in [5.41, 5.74) is 0. The number of fused-ring (bicyclic) bond motifs is 1. The lowest BCUT2D eigenvalue weighted by Crippen LogP contribution is -2.27. The van der Waals surface area contributed by atoms with Gasteiger partial charge in [0.05, 0.1) is 0 Å². The number of nitrogens with zero attached hydrogens (tertiary/aromatic N) is 4. The summed E-state index contributed by atoms with van der Waals surface area (Å²) in [6, 6.07) is 0. The molecule has 0 bridgehead atoms. The number of nitro groups is 1. The van der Waals surface area contributed by atoms with Crippen LogP contribution in [0, 0.1) is 10.1 Å². The van der Waals surface area contributed by atoms with Gasteiger partial charge in [0.25, 0.3) is 4.96 Å². The molecule has 2 aromatic rings. The van der Waals surface area contributed by atoms with Gasteiger partial charge in [-0.1, -0.05) is 11.3 Å². The van der Waals surface area contributed by atoms with Crippen LogP contribution >= 0.6 is 11.3 Å². The van der Waals surface area contributed by atoms with Gasteiger partial charge < -0.3 is 20.3 Å².